The maximum absolute atomic E-state index is 12.4. The Hall–Kier alpha value is -3.14. The third-order valence-electron chi connectivity index (χ3n) is 4.57. The highest BCUT2D eigenvalue weighted by Gasteiger charge is 2.30. The van der Waals surface area contributed by atoms with Crippen LogP contribution in [0.25, 0.3) is 0 Å². The van der Waals surface area contributed by atoms with Gasteiger partial charge in [0.25, 0.3) is 0 Å². The number of hydrogen-bond donors (Lipinski definition) is 1. The molecule has 0 unspecified atom stereocenters. The van der Waals surface area contributed by atoms with Crippen LogP contribution in [0.1, 0.15) is 22.8 Å². The number of alkyl halides is 3. The average molecular weight is 491 g/mol. The number of nitrogens with zero attached hydrogens (tertiary/aromatic N) is 1. The lowest BCUT2D eigenvalue weighted by Crippen LogP contribution is -2.28. The quantitative estimate of drug-likeness (QED) is 0.473. The Morgan fingerprint density at radius 2 is 2.06 bits per heavy atom. The van der Waals surface area contributed by atoms with Gasteiger partial charge in [-0.15, -0.1) is 11.5 Å². The molecule has 0 bridgehead atoms. The summed E-state index contributed by atoms with van der Waals surface area (Å²) in [5.41, 5.74) is 18.8. The first-order valence-electron chi connectivity index (χ1n) is 9.24. The number of rotatable bonds is 4. The minimum absolute atomic E-state index is 0.00886. The second-order valence-electron chi connectivity index (χ2n) is 6.80. The van der Waals surface area contributed by atoms with Crippen molar-refractivity contribution >= 4 is 21.9 Å². The van der Waals surface area contributed by atoms with E-state index in [1.54, 1.807) is 30.4 Å². The Morgan fingerprint density at radius 3 is 2.81 bits per heavy atom. The molecular weight excluding hydrogens is 473 g/mol. The molecule has 2 N–H and O–H groups in total. The molecule has 0 radical (unpaired) electrons. The number of carbonyl (C=O) groups excluding carboxylic acids is 1. The molecule has 2 aliphatic rings. The lowest BCUT2D eigenvalue weighted by Gasteiger charge is -2.24. The second kappa shape index (κ2) is 9.34. The molecular formula is C23H18BrF3N2O2. The van der Waals surface area contributed by atoms with Crippen LogP contribution < -0.4 is 5.73 Å². The molecule has 0 aromatic heterocycles. The van der Waals surface area contributed by atoms with Gasteiger partial charge >= 0.3 is 12.1 Å². The minimum Gasteiger partial charge on any atom is -0.452 e. The van der Waals surface area contributed by atoms with Gasteiger partial charge in [-0.25, -0.2) is 4.79 Å². The Morgan fingerprint density at radius 1 is 1.29 bits per heavy atom. The van der Waals surface area contributed by atoms with Crippen molar-refractivity contribution in [3.8, 4) is 0 Å². The van der Waals surface area contributed by atoms with E-state index < -0.39 is 18.8 Å². The third-order valence-corrected chi connectivity index (χ3v) is 5.26. The van der Waals surface area contributed by atoms with Crippen molar-refractivity contribution in [1.82, 2.24) is 4.90 Å². The van der Waals surface area contributed by atoms with Crippen molar-refractivity contribution in [2.45, 2.75) is 19.5 Å². The first kappa shape index (κ1) is 22.5. The van der Waals surface area contributed by atoms with E-state index in [2.05, 4.69) is 37.9 Å². The number of nitrogens with two attached hydrogens (primary N) is 1. The number of carbonyl (C=O) groups is 1. The topological polar surface area (TPSA) is 55.6 Å². The third kappa shape index (κ3) is 5.72. The summed E-state index contributed by atoms with van der Waals surface area (Å²) in [5.74, 6) is -0.559. The highest BCUT2D eigenvalue weighted by Crippen LogP contribution is 2.27. The van der Waals surface area contributed by atoms with Crippen molar-refractivity contribution in [2.24, 2.45) is 5.73 Å². The monoisotopic (exact) mass is 490 g/mol. The Labute approximate surface area is 186 Å². The average Bonchev–Trinajstić information content (AvgIpc) is 2.78. The summed E-state index contributed by atoms with van der Waals surface area (Å²) >= 11 is 3.20. The lowest BCUT2D eigenvalue weighted by molar-refractivity contribution is -0.161. The lowest BCUT2D eigenvalue weighted by atomic mass is 9.98. The van der Waals surface area contributed by atoms with Crippen molar-refractivity contribution in [3.63, 3.8) is 0 Å². The number of ether oxygens (including phenoxy) is 1. The molecule has 31 heavy (non-hydrogen) atoms. The first-order chi connectivity index (χ1) is 14.7. The zero-order valence-corrected chi connectivity index (χ0v) is 18.1. The number of halogens is 4. The van der Waals surface area contributed by atoms with Crippen LogP contribution in [0.4, 0.5) is 13.2 Å². The van der Waals surface area contributed by atoms with E-state index in [0.717, 1.165) is 16.8 Å². The SMILES string of the molecule is CC1=C=CC2=C=CC=C=CCN2C(N)=C1Cc1ccc(Br)c(C(=O)OCC(F)(F)F)c1. The maximum atomic E-state index is 12.4. The smallest absolute Gasteiger partial charge is 0.422 e. The standard InChI is InChI=1S/C23H18BrF3N2O2/c1-15-7-9-17-6-4-2-3-5-11-29(17)21(28)18(15)12-16-8-10-20(24)19(13-16)22(30)31-14-23(25,26)27/h2,4-5,8-10,13H,11-12,14,28H2,1H3. The number of hydrogen-bond acceptors (Lipinski definition) is 4. The van der Waals surface area contributed by atoms with Crippen LogP contribution in [0.5, 0.6) is 0 Å². The van der Waals surface area contributed by atoms with Gasteiger partial charge in [-0.2, -0.15) is 13.2 Å². The highest BCUT2D eigenvalue weighted by molar-refractivity contribution is 9.10. The highest BCUT2D eigenvalue weighted by atomic mass is 79.9. The second-order valence-corrected chi connectivity index (χ2v) is 7.66. The van der Waals surface area contributed by atoms with Crippen LogP contribution in [0, 0.1) is 0 Å². The Kier molecular flexibility index (Phi) is 6.79. The predicted molar refractivity (Wildman–Crippen MR) is 114 cm³/mol. The molecule has 0 spiro atoms. The molecule has 2 heterocycles. The Balaban J connectivity index is 1.93. The summed E-state index contributed by atoms with van der Waals surface area (Å²) in [6.07, 6.45) is 2.87. The molecule has 160 valence electrons. The normalized spacial score (nSPS) is 15.7. The fourth-order valence-electron chi connectivity index (χ4n) is 3.02. The van der Waals surface area contributed by atoms with E-state index in [0.29, 0.717) is 28.8 Å². The molecule has 8 heteroatoms. The summed E-state index contributed by atoms with van der Waals surface area (Å²) < 4.78 is 41.9. The van der Waals surface area contributed by atoms with Gasteiger partial charge in [-0.05, 0) is 64.4 Å². The number of fused-ring (bicyclic) bond motifs is 1. The fraction of sp³-hybridized carbons (Fsp3) is 0.217. The van der Waals surface area contributed by atoms with Crippen LogP contribution >= 0.6 is 15.9 Å². The number of esters is 1. The van der Waals surface area contributed by atoms with Crippen LogP contribution in [-0.2, 0) is 11.2 Å². The molecule has 0 amide bonds. The molecule has 3 rings (SSSR count). The largest absolute Gasteiger partial charge is 0.452 e. The van der Waals surface area contributed by atoms with Crippen LogP contribution in [0.2, 0.25) is 0 Å². The van der Waals surface area contributed by atoms with Gasteiger partial charge < -0.3 is 15.4 Å². The minimum atomic E-state index is -4.59. The molecule has 4 nitrogen and oxygen atoms in total. The first-order valence-corrected chi connectivity index (χ1v) is 10.0. The molecule has 2 aliphatic heterocycles. The summed E-state index contributed by atoms with van der Waals surface area (Å²) in [6.45, 7) is 0.713. The van der Waals surface area contributed by atoms with Crippen molar-refractivity contribution in [2.75, 3.05) is 13.2 Å². The number of allylic oxidation sites excluding steroid dienone is 2. The van der Waals surface area contributed by atoms with Crippen molar-refractivity contribution in [3.05, 3.63) is 98.0 Å². The Bertz CT molecular complexity index is 1140. The van der Waals surface area contributed by atoms with E-state index in [1.807, 2.05) is 17.9 Å². The summed E-state index contributed by atoms with van der Waals surface area (Å²) in [5, 5.41) is 0. The van der Waals surface area contributed by atoms with Gasteiger partial charge in [0.15, 0.2) is 6.61 Å². The van der Waals surface area contributed by atoms with E-state index in [9.17, 15) is 18.0 Å². The van der Waals surface area contributed by atoms with E-state index in [4.69, 9.17) is 5.73 Å². The van der Waals surface area contributed by atoms with Gasteiger partial charge in [-0.1, -0.05) is 11.8 Å². The van der Waals surface area contributed by atoms with Crippen molar-refractivity contribution in [1.29, 1.82) is 0 Å². The fourth-order valence-corrected chi connectivity index (χ4v) is 3.43. The van der Waals surface area contributed by atoms with Gasteiger partial charge in [0.1, 0.15) is 5.82 Å². The molecule has 0 saturated heterocycles. The molecule has 1 aromatic carbocycles. The van der Waals surface area contributed by atoms with E-state index >= 15 is 0 Å². The van der Waals surface area contributed by atoms with E-state index in [-0.39, 0.29) is 5.56 Å². The van der Waals surface area contributed by atoms with Crippen LogP contribution in [0.15, 0.2) is 86.8 Å². The summed E-state index contributed by atoms with van der Waals surface area (Å²) in [4.78, 5) is 14.0. The summed E-state index contributed by atoms with van der Waals surface area (Å²) in [6, 6.07) is 4.86. The van der Waals surface area contributed by atoms with Gasteiger partial charge in [-0.3, -0.25) is 0 Å². The number of benzene rings is 1. The van der Waals surface area contributed by atoms with Crippen LogP contribution in [-0.4, -0.2) is 30.2 Å². The van der Waals surface area contributed by atoms with Crippen molar-refractivity contribution < 1.29 is 22.7 Å². The molecule has 0 fully saturated rings. The maximum Gasteiger partial charge on any atom is 0.422 e. The predicted octanol–water partition coefficient (Wildman–Crippen LogP) is 5.06. The van der Waals surface area contributed by atoms with Gasteiger partial charge in [0, 0.05) is 22.5 Å². The van der Waals surface area contributed by atoms with Gasteiger partial charge in [0.05, 0.1) is 17.8 Å². The zero-order chi connectivity index (χ0) is 22.6. The zero-order valence-electron chi connectivity index (χ0n) is 16.5. The van der Waals surface area contributed by atoms with E-state index in [1.165, 1.54) is 6.07 Å². The molecule has 1 aromatic rings. The molecule has 0 atom stereocenters. The molecule has 0 saturated carbocycles. The van der Waals surface area contributed by atoms with Gasteiger partial charge in [0.2, 0.25) is 0 Å². The molecule has 0 aliphatic carbocycles. The summed E-state index contributed by atoms with van der Waals surface area (Å²) in [7, 11) is 0. The van der Waals surface area contributed by atoms with Crippen LogP contribution in [0.3, 0.4) is 0 Å².